The van der Waals surface area contributed by atoms with Gasteiger partial charge in [-0.15, -0.1) is 24.0 Å². The van der Waals surface area contributed by atoms with Crippen molar-refractivity contribution >= 4 is 41.5 Å². The summed E-state index contributed by atoms with van der Waals surface area (Å²) in [5.74, 6) is 0.869. The molecular formula is C22H33ClIN5O. The molecule has 1 atom stereocenters. The molecule has 0 spiro atoms. The van der Waals surface area contributed by atoms with Crippen molar-refractivity contribution < 1.29 is 4.74 Å². The van der Waals surface area contributed by atoms with Gasteiger partial charge in [0, 0.05) is 52.7 Å². The van der Waals surface area contributed by atoms with E-state index in [0.29, 0.717) is 0 Å². The summed E-state index contributed by atoms with van der Waals surface area (Å²) < 4.78 is 7.62. The van der Waals surface area contributed by atoms with Crippen LogP contribution in [0.25, 0.3) is 0 Å². The molecule has 0 bridgehead atoms. The van der Waals surface area contributed by atoms with Crippen molar-refractivity contribution in [3.05, 3.63) is 58.4 Å². The Bertz CT molecular complexity index is 835. The van der Waals surface area contributed by atoms with Gasteiger partial charge < -0.3 is 19.5 Å². The molecule has 8 heteroatoms. The third-order valence-electron chi connectivity index (χ3n) is 5.41. The fraction of sp³-hybridized carbons (Fsp3) is 0.500. The van der Waals surface area contributed by atoms with E-state index < -0.39 is 0 Å². The van der Waals surface area contributed by atoms with E-state index in [1.165, 1.54) is 11.1 Å². The topological polar surface area (TPSA) is 45.0 Å². The van der Waals surface area contributed by atoms with Crippen molar-refractivity contribution in [1.29, 1.82) is 0 Å². The molecule has 3 rings (SSSR count). The lowest BCUT2D eigenvalue weighted by Gasteiger charge is -2.36. The third kappa shape index (κ3) is 6.60. The highest BCUT2D eigenvalue weighted by atomic mass is 127. The van der Waals surface area contributed by atoms with Crippen LogP contribution in [-0.2, 0) is 18.3 Å². The molecule has 0 radical (unpaired) electrons. The Morgan fingerprint density at radius 3 is 2.63 bits per heavy atom. The smallest absolute Gasteiger partial charge is 0.193 e. The van der Waals surface area contributed by atoms with Crippen molar-refractivity contribution in [2.45, 2.75) is 19.5 Å². The summed E-state index contributed by atoms with van der Waals surface area (Å²) in [6, 6.07) is 11.0. The van der Waals surface area contributed by atoms with Crippen molar-refractivity contribution in [2.75, 3.05) is 46.9 Å². The number of guanidine groups is 1. The predicted octanol–water partition coefficient (Wildman–Crippen LogP) is 3.69. The molecule has 1 aliphatic heterocycles. The lowest BCUT2D eigenvalue weighted by molar-refractivity contribution is 0.0169. The molecule has 166 valence electrons. The normalized spacial score (nSPS) is 16.1. The minimum Gasteiger partial charge on any atom is -0.379 e. The van der Waals surface area contributed by atoms with Gasteiger partial charge in [0.05, 0.1) is 30.8 Å². The Balaban J connectivity index is 0.00000320. The lowest BCUT2D eigenvalue weighted by atomic mass is 10.0. The van der Waals surface area contributed by atoms with Crippen LogP contribution < -0.4 is 5.32 Å². The van der Waals surface area contributed by atoms with E-state index in [1.807, 2.05) is 33.4 Å². The van der Waals surface area contributed by atoms with Gasteiger partial charge in [-0.1, -0.05) is 41.4 Å². The number of benzene rings is 1. The summed E-state index contributed by atoms with van der Waals surface area (Å²) in [6.07, 6.45) is 1.92. The number of rotatable bonds is 6. The zero-order valence-corrected chi connectivity index (χ0v) is 21.4. The van der Waals surface area contributed by atoms with E-state index in [-0.39, 0.29) is 30.0 Å². The summed E-state index contributed by atoms with van der Waals surface area (Å²) in [4.78, 5) is 9.11. The highest BCUT2D eigenvalue weighted by molar-refractivity contribution is 14.0. The van der Waals surface area contributed by atoms with Gasteiger partial charge in [0.25, 0.3) is 0 Å². The molecule has 1 saturated heterocycles. The quantitative estimate of drug-likeness (QED) is 0.342. The summed E-state index contributed by atoms with van der Waals surface area (Å²) in [6.45, 7) is 7.11. The number of halogens is 2. The van der Waals surface area contributed by atoms with Crippen molar-refractivity contribution in [1.82, 2.24) is 19.7 Å². The molecule has 2 heterocycles. The first-order valence-corrected chi connectivity index (χ1v) is 10.5. The third-order valence-corrected chi connectivity index (χ3v) is 5.62. The van der Waals surface area contributed by atoms with E-state index in [0.717, 1.165) is 56.1 Å². The molecule has 0 aliphatic carbocycles. The Hall–Kier alpha value is -1.29. The molecule has 1 unspecified atom stereocenters. The van der Waals surface area contributed by atoms with Crippen LogP contribution in [0.1, 0.15) is 22.9 Å². The zero-order chi connectivity index (χ0) is 20.8. The molecular weight excluding hydrogens is 513 g/mol. The Morgan fingerprint density at radius 2 is 2.03 bits per heavy atom. The number of morpholine rings is 1. The molecule has 0 saturated carbocycles. The first kappa shape index (κ1) is 25.0. The number of aliphatic imine (C=N–C) groups is 1. The second-order valence-electron chi connectivity index (χ2n) is 7.62. The van der Waals surface area contributed by atoms with E-state index >= 15 is 0 Å². The van der Waals surface area contributed by atoms with Gasteiger partial charge in [0.1, 0.15) is 0 Å². The van der Waals surface area contributed by atoms with Gasteiger partial charge in [0.2, 0.25) is 0 Å². The zero-order valence-electron chi connectivity index (χ0n) is 18.3. The van der Waals surface area contributed by atoms with Crippen molar-refractivity contribution in [3.8, 4) is 0 Å². The van der Waals surface area contributed by atoms with E-state index in [9.17, 15) is 0 Å². The van der Waals surface area contributed by atoms with E-state index in [4.69, 9.17) is 16.3 Å². The summed E-state index contributed by atoms with van der Waals surface area (Å²) in [7, 11) is 5.89. The van der Waals surface area contributed by atoms with E-state index in [1.54, 1.807) is 0 Å². The number of aromatic nitrogens is 1. The maximum atomic E-state index is 6.13. The minimum atomic E-state index is 0. The van der Waals surface area contributed by atoms with Gasteiger partial charge in [-0.2, -0.15) is 0 Å². The van der Waals surface area contributed by atoms with Crippen LogP contribution in [0.5, 0.6) is 0 Å². The van der Waals surface area contributed by atoms with Gasteiger partial charge in [-0.3, -0.25) is 9.89 Å². The van der Waals surface area contributed by atoms with Gasteiger partial charge in [-0.25, -0.2) is 0 Å². The monoisotopic (exact) mass is 545 g/mol. The fourth-order valence-electron chi connectivity index (χ4n) is 3.84. The highest BCUT2D eigenvalue weighted by Gasteiger charge is 2.23. The second-order valence-corrected chi connectivity index (χ2v) is 8.06. The molecule has 1 aliphatic rings. The van der Waals surface area contributed by atoms with Gasteiger partial charge in [-0.05, 0) is 18.6 Å². The number of ether oxygens (including phenoxy) is 1. The number of hydrogen-bond donors (Lipinski definition) is 1. The van der Waals surface area contributed by atoms with Crippen molar-refractivity contribution in [2.24, 2.45) is 12.0 Å². The number of hydrogen-bond acceptors (Lipinski definition) is 3. The maximum absolute atomic E-state index is 6.13. The Kier molecular flexibility index (Phi) is 9.93. The van der Waals surface area contributed by atoms with Crippen molar-refractivity contribution in [3.63, 3.8) is 0 Å². The van der Waals surface area contributed by atoms with Crippen LogP contribution in [0.4, 0.5) is 0 Å². The molecule has 0 amide bonds. The number of aryl methyl sites for hydroxylation is 2. The van der Waals surface area contributed by atoms with Gasteiger partial charge >= 0.3 is 0 Å². The van der Waals surface area contributed by atoms with Crippen LogP contribution in [0.2, 0.25) is 5.02 Å². The molecule has 30 heavy (non-hydrogen) atoms. The van der Waals surface area contributed by atoms with Gasteiger partial charge in [0.15, 0.2) is 5.96 Å². The van der Waals surface area contributed by atoms with Crippen LogP contribution in [0.15, 0.2) is 41.5 Å². The molecule has 1 fully saturated rings. The first-order chi connectivity index (χ1) is 14.0. The van der Waals surface area contributed by atoms with Crippen LogP contribution >= 0.6 is 35.6 Å². The molecule has 6 nitrogen and oxygen atoms in total. The summed E-state index contributed by atoms with van der Waals surface area (Å²) in [5, 5.41) is 4.34. The Labute approximate surface area is 202 Å². The molecule has 1 aromatic carbocycles. The van der Waals surface area contributed by atoms with Crippen LogP contribution in [-0.4, -0.2) is 67.3 Å². The number of nitrogens with zero attached hydrogens (tertiary/aromatic N) is 4. The predicted molar refractivity (Wildman–Crippen MR) is 135 cm³/mol. The fourth-order valence-corrected chi connectivity index (χ4v) is 4.11. The first-order valence-electron chi connectivity index (χ1n) is 10.1. The average Bonchev–Trinajstić information content (AvgIpc) is 3.02. The largest absolute Gasteiger partial charge is 0.379 e. The standard InChI is InChI=1S/C22H32ClN5O.HI/c1-17-6-5-7-18(12-17)21(28-8-10-29-11-9-28)14-25-22(24-2)27(4)16-20-13-19(23)15-26(20)3;/h5-7,12-13,15,21H,8-11,14,16H2,1-4H3,(H,24,25);1H. The average molecular weight is 546 g/mol. The molecule has 2 aromatic rings. The van der Waals surface area contributed by atoms with Crippen LogP contribution in [0.3, 0.4) is 0 Å². The van der Waals surface area contributed by atoms with E-state index in [2.05, 4.69) is 55.9 Å². The SMILES string of the molecule is CN=C(NCC(c1cccc(C)c1)N1CCOCC1)N(C)Cc1cc(Cl)cn1C.I. The highest BCUT2D eigenvalue weighted by Crippen LogP contribution is 2.22. The maximum Gasteiger partial charge on any atom is 0.193 e. The molecule has 1 aromatic heterocycles. The minimum absolute atomic E-state index is 0. The number of nitrogens with one attached hydrogen (secondary N) is 1. The Morgan fingerprint density at radius 1 is 1.30 bits per heavy atom. The van der Waals surface area contributed by atoms with Crippen LogP contribution in [0, 0.1) is 6.92 Å². The summed E-state index contributed by atoms with van der Waals surface area (Å²) >= 11 is 6.13. The summed E-state index contributed by atoms with van der Waals surface area (Å²) in [5.41, 5.74) is 3.75. The molecule has 1 N–H and O–H groups in total. The second kappa shape index (κ2) is 11.9. The lowest BCUT2D eigenvalue weighted by Crippen LogP contribution is -2.46.